The Hall–Kier alpha value is -2.93. The number of hydrogen-bond donors (Lipinski definition) is 0. The minimum absolute atomic E-state index is 0.668. The van der Waals surface area contributed by atoms with E-state index in [4.69, 9.17) is 5.26 Å². The van der Waals surface area contributed by atoms with Crippen LogP contribution in [-0.4, -0.2) is 14.8 Å². The van der Waals surface area contributed by atoms with E-state index in [0.717, 1.165) is 34.4 Å². The van der Waals surface area contributed by atoms with Crippen molar-refractivity contribution < 1.29 is 0 Å². The van der Waals surface area contributed by atoms with Crippen LogP contribution in [0.3, 0.4) is 0 Å². The van der Waals surface area contributed by atoms with Gasteiger partial charge in [0, 0.05) is 23.0 Å². The van der Waals surface area contributed by atoms with Crippen LogP contribution >= 0.6 is 0 Å². The number of aromatic nitrogens is 3. The van der Waals surface area contributed by atoms with E-state index in [0.29, 0.717) is 5.56 Å². The van der Waals surface area contributed by atoms with E-state index >= 15 is 0 Å². The zero-order valence-electron chi connectivity index (χ0n) is 11.7. The Balaban J connectivity index is 2.27. The highest BCUT2D eigenvalue weighted by molar-refractivity contribution is 5.88. The van der Waals surface area contributed by atoms with Crippen molar-refractivity contribution in [2.24, 2.45) is 0 Å². The molecule has 4 heteroatoms. The molecule has 0 aliphatic rings. The van der Waals surface area contributed by atoms with Crippen LogP contribution in [0.25, 0.3) is 28.2 Å². The smallest absolute Gasteiger partial charge is 0.0992 e. The van der Waals surface area contributed by atoms with E-state index in [-0.39, 0.29) is 0 Å². The van der Waals surface area contributed by atoms with Crippen LogP contribution in [0.1, 0.15) is 18.2 Å². The third-order valence-electron chi connectivity index (χ3n) is 3.53. The molecule has 2 aromatic heterocycles. The van der Waals surface area contributed by atoms with Crippen LogP contribution in [0.4, 0.5) is 0 Å². The van der Waals surface area contributed by atoms with E-state index < -0.39 is 0 Å². The van der Waals surface area contributed by atoms with Crippen LogP contribution < -0.4 is 0 Å². The number of aryl methyl sites for hydroxylation is 1. The summed E-state index contributed by atoms with van der Waals surface area (Å²) < 4.78 is 2.18. The van der Waals surface area contributed by atoms with Crippen molar-refractivity contribution in [3.63, 3.8) is 0 Å². The van der Waals surface area contributed by atoms with Crippen LogP contribution in [0.5, 0.6) is 0 Å². The molecular formula is C17H14N4. The normalized spacial score (nSPS) is 10.5. The predicted molar refractivity (Wildman–Crippen MR) is 83.4 cm³/mol. The zero-order valence-corrected chi connectivity index (χ0v) is 11.7. The number of nitrogens with zero attached hydrogens (tertiary/aromatic N) is 4. The first kappa shape index (κ1) is 13.1. The van der Waals surface area contributed by atoms with Gasteiger partial charge in [-0.2, -0.15) is 15.5 Å². The molecule has 0 saturated carbocycles. The van der Waals surface area contributed by atoms with Crippen molar-refractivity contribution in [1.82, 2.24) is 14.8 Å². The molecule has 0 unspecified atom stereocenters. The Morgan fingerprint density at radius 1 is 1.33 bits per heavy atom. The maximum absolute atomic E-state index is 9.06. The van der Waals surface area contributed by atoms with Gasteiger partial charge in [-0.15, -0.1) is 0 Å². The Bertz CT molecular complexity index is 868. The van der Waals surface area contributed by atoms with Crippen molar-refractivity contribution in [1.29, 1.82) is 5.26 Å². The number of hydrogen-bond acceptors (Lipinski definition) is 3. The van der Waals surface area contributed by atoms with E-state index in [1.54, 1.807) is 12.3 Å². The van der Waals surface area contributed by atoms with E-state index in [1.807, 2.05) is 24.3 Å². The van der Waals surface area contributed by atoms with Crippen molar-refractivity contribution >= 4 is 17.0 Å². The summed E-state index contributed by atoms with van der Waals surface area (Å²) in [6, 6.07) is 12.0. The molecule has 1 aromatic carbocycles. The van der Waals surface area contributed by atoms with Crippen LogP contribution in [-0.2, 0) is 6.54 Å². The molecule has 0 aliphatic heterocycles. The minimum atomic E-state index is 0.668. The van der Waals surface area contributed by atoms with Crippen molar-refractivity contribution in [2.75, 3.05) is 0 Å². The Morgan fingerprint density at radius 2 is 2.19 bits per heavy atom. The fourth-order valence-electron chi connectivity index (χ4n) is 2.53. The fourth-order valence-corrected chi connectivity index (χ4v) is 2.53. The molecule has 0 N–H and O–H groups in total. The first-order valence-corrected chi connectivity index (χ1v) is 6.75. The molecule has 102 valence electrons. The zero-order chi connectivity index (χ0) is 14.8. The number of rotatable bonds is 3. The second-order valence-corrected chi connectivity index (χ2v) is 4.73. The highest BCUT2D eigenvalue weighted by Crippen LogP contribution is 2.28. The molecule has 0 radical (unpaired) electrons. The first-order chi connectivity index (χ1) is 10.3. The maximum Gasteiger partial charge on any atom is 0.0992 e. The van der Waals surface area contributed by atoms with E-state index in [2.05, 4.69) is 40.4 Å². The van der Waals surface area contributed by atoms with Gasteiger partial charge in [-0.3, -0.25) is 0 Å². The summed E-state index contributed by atoms with van der Waals surface area (Å²) in [7, 11) is 0. The van der Waals surface area contributed by atoms with Gasteiger partial charge in [-0.25, -0.2) is 0 Å². The molecular weight excluding hydrogens is 260 g/mol. The Morgan fingerprint density at radius 3 is 2.90 bits per heavy atom. The van der Waals surface area contributed by atoms with E-state index in [1.165, 1.54) is 0 Å². The molecule has 0 amide bonds. The summed E-state index contributed by atoms with van der Waals surface area (Å²) in [5.41, 5.74) is 4.54. The first-order valence-electron chi connectivity index (χ1n) is 6.75. The van der Waals surface area contributed by atoms with Crippen LogP contribution in [0.15, 0.2) is 43.1 Å². The van der Waals surface area contributed by atoms with Gasteiger partial charge in [0.2, 0.25) is 0 Å². The monoisotopic (exact) mass is 274 g/mol. The highest BCUT2D eigenvalue weighted by atomic mass is 15.1. The summed E-state index contributed by atoms with van der Waals surface area (Å²) in [6.45, 7) is 6.64. The molecule has 0 spiro atoms. The molecule has 3 rings (SSSR count). The lowest BCUT2D eigenvalue weighted by molar-refractivity contribution is 0.804. The summed E-state index contributed by atoms with van der Waals surface area (Å²) >= 11 is 0. The summed E-state index contributed by atoms with van der Waals surface area (Å²) in [5.74, 6) is 0. The third kappa shape index (κ3) is 2.19. The van der Waals surface area contributed by atoms with Crippen molar-refractivity contribution in [3.05, 3.63) is 54.4 Å². The standard InChI is InChI=1S/C17H14N4/c1-3-15-8-14(11-19-20-15)17-9-13-6-5-12(10-18)7-16(13)21(17)4-2/h3,5-9,11H,1,4H2,2H3. The molecule has 4 nitrogen and oxygen atoms in total. The van der Waals surface area contributed by atoms with Gasteiger partial charge in [0.05, 0.1) is 29.2 Å². The number of nitriles is 1. The van der Waals surface area contributed by atoms with Crippen molar-refractivity contribution in [2.45, 2.75) is 13.5 Å². The molecule has 2 heterocycles. The third-order valence-corrected chi connectivity index (χ3v) is 3.53. The minimum Gasteiger partial charge on any atom is -0.341 e. The maximum atomic E-state index is 9.06. The summed E-state index contributed by atoms with van der Waals surface area (Å²) in [6.07, 6.45) is 3.43. The van der Waals surface area contributed by atoms with E-state index in [9.17, 15) is 0 Å². The predicted octanol–water partition coefficient (Wildman–Crippen LogP) is 3.63. The molecule has 0 bridgehead atoms. The lowest BCUT2D eigenvalue weighted by Crippen LogP contribution is -1.98. The van der Waals surface area contributed by atoms with Gasteiger partial charge >= 0.3 is 0 Å². The Kier molecular flexibility index (Phi) is 3.25. The average molecular weight is 274 g/mol. The van der Waals surface area contributed by atoms with Crippen LogP contribution in [0.2, 0.25) is 0 Å². The average Bonchev–Trinajstić information content (AvgIpc) is 2.92. The van der Waals surface area contributed by atoms with Crippen LogP contribution in [0, 0.1) is 11.3 Å². The molecule has 0 atom stereocenters. The van der Waals surface area contributed by atoms with Gasteiger partial charge in [-0.05, 0) is 37.3 Å². The largest absolute Gasteiger partial charge is 0.341 e. The summed E-state index contributed by atoms with van der Waals surface area (Å²) in [4.78, 5) is 0. The summed E-state index contributed by atoms with van der Waals surface area (Å²) in [5, 5.41) is 18.2. The van der Waals surface area contributed by atoms with Gasteiger partial charge in [0.15, 0.2) is 0 Å². The van der Waals surface area contributed by atoms with Gasteiger partial charge in [-0.1, -0.05) is 12.6 Å². The molecule has 3 aromatic rings. The molecule has 21 heavy (non-hydrogen) atoms. The van der Waals surface area contributed by atoms with Crippen molar-refractivity contribution in [3.8, 4) is 17.3 Å². The second kappa shape index (κ2) is 5.22. The topological polar surface area (TPSA) is 54.5 Å². The number of benzene rings is 1. The second-order valence-electron chi connectivity index (χ2n) is 4.73. The molecule has 0 aliphatic carbocycles. The number of fused-ring (bicyclic) bond motifs is 1. The SMILES string of the molecule is C=Cc1cc(-c2cc3ccc(C#N)cc3n2CC)cnn1. The Labute approximate surface area is 123 Å². The molecule has 0 fully saturated rings. The van der Waals surface area contributed by atoms with Gasteiger partial charge < -0.3 is 4.57 Å². The van der Waals surface area contributed by atoms with Gasteiger partial charge in [0.1, 0.15) is 0 Å². The highest BCUT2D eigenvalue weighted by Gasteiger charge is 2.11. The lowest BCUT2D eigenvalue weighted by Gasteiger charge is -2.08. The fraction of sp³-hybridized carbons (Fsp3) is 0.118. The molecule has 0 saturated heterocycles. The van der Waals surface area contributed by atoms with Gasteiger partial charge in [0.25, 0.3) is 0 Å². The quantitative estimate of drug-likeness (QED) is 0.732. The lowest BCUT2D eigenvalue weighted by atomic mass is 10.1.